The lowest BCUT2D eigenvalue weighted by Crippen LogP contribution is -2.26. The molecule has 1 aliphatic rings. The molecule has 0 unspecified atom stereocenters. The van der Waals surface area contributed by atoms with Crippen molar-refractivity contribution in [1.82, 2.24) is 0 Å². The highest BCUT2D eigenvalue weighted by atomic mass is 19.2. The van der Waals surface area contributed by atoms with E-state index in [2.05, 4.69) is 0 Å². The van der Waals surface area contributed by atoms with E-state index in [0.717, 1.165) is 12.1 Å². The topological polar surface area (TPSA) is 35.5 Å². The van der Waals surface area contributed by atoms with Gasteiger partial charge in [-0.2, -0.15) is 8.78 Å². The maximum Gasteiger partial charge on any atom is 0.314 e. The molecule has 0 amide bonds. The summed E-state index contributed by atoms with van der Waals surface area (Å²) in [6, 6.07) is 7.43. The predicted molar refractivity (Wildman–Crippen MR) is 143 cm³/mol. The van der Waals surface area contributed by atoms with Crippen LogP contribution in [0, 0.1) is 40.8 Å². The van der Waals surface area contributed by atoms with E-state index in [0.29, 0.717) is 25.7 Å². The molecule has 9 heteroatoms. The van der Waals surface area contributed by atoms with Gasteiger partial charge >= 0.3 is 5.97 Å². The zero-order chi connectivity index (χ0) is 29.7. The van der Waals surface area contributed by atoms with Crippen LogP contribution in [-0.4, -0.2) is 12.6 Å². The molecule has 0 N–H and O–H groups in total. The summed E-state index contributed by atoms with van der Waals surface area (Å²) in [4.78, 5) is 12.7. The number of benzene rings is 3. The number of carbonyl (C=O) groups excluding carboxylic acids is 1. The molecule has 1 aliphatic carbocycles. The number of carbonyl (C=O) groups is 1. The Kier molecular flexibility index (Phi) is 9.78. The SMILES string of the molecule is C/C=C/CCc1ccc(OC(=O)C2CCC(c3ccc(-c4ccc(OCC)c(F)c4F)c(F)c3F)CC2)c(F)c1F. The molecule has 1 fully saturated rings. The zero-order valence-electron chi connectivity index (χ0n) is 22.7. The van der Waals surface area contributed by atoms with E-state index < -0.39 is 69.6 Å². The van der Waals surface area contributed by atoms with Gasteiger partial charge in [-0.1, -0.05) is 30.4 Å². The van der Waals surface area contributed by atoms with Gasteiger partial charge in [0.25, 0.3) is 0 Å². The minimum Gasteiger partial charge on any atom is -0.491 e. The molecule has 0 heterocycles. The van der Waals surface area contributed by atoms with Gasteiger partial charge in [-0.3, -0.25) is 4.79 Å². The first-order valence-electron chi connectivity index (χ1n) is 13.6. The van der Waals surface area contributed by atoms with Gasteiger partial charge < -0.3 is 9.47 Å². The van der Waals surface area contributed by atoms with Crippen LogP contribution >= 0.6 is 0 Å². The first kappa shape index (κ1) is 30.2. The van der Waals surface area contributed by atoms with Gasteiger partial charge in [-0.15, -0.1) is 0 Å². The molecule has 3 nitrogen and oxygen atoms in total. The molecule has 0 spiro atoms. The van der Waals surface area contributed by atoms with Crippen LogP contribution in [0.4, 0.5) is 26.3 Å². The van der Waals surface area contributed by atoms with Crippen LogP contribution in [0.2, 0.25) is 0 Å². The smallest absolute Gasteiger partial charge is 0.314 e. The van der Waals surface area contributed by atoms with Crippen LogP contribution in [0.5, 0.6) is 11.5 Å². The van der Waals surface area contributed by atoms with E-state index in [1.807, 2.05) is 19.1 Å². The third-order valence-corrected chi connectivity index (χ3v) is 7.40. The van der Waals surface area contributed by atoms with Crippen molar-refractivity contribution in [3.63, 3.8) is 0 Å². The van der Waals surface area contributed by atoms with Gasteiger partial charge in [0.2, 0.25) is 11.6 Å². The molecule has 218 valence electrons. The number of aryl methyl sites for hydroxylation is 1. The number of allylic oxidation sites excluding steroid dienone is 2. The first-order valence-corrected chi connectivity index (χ1v) is 13.6. The van der Waals surface area contributed by atoms with E-state index in [1.165, 1.54) is 24.3 Å². The van der Waals surface area contributed by atoms with Gasteiger partial charge in [-0.05, 0) is 87.6 Å². The Bertz CT molecular complexity index is 1440. The first-order chi connectivity index (χ1) is 19.7. The average molecular weight is 577 g/mol. The number of halogens is 6. The Labute approximate surface area is 234 Å². The maximum atomic E-state index is 15.1. The van der Waals surface area contributed by atoms with Crippen molar-refractivity contribution < 1.29 is 40.6 Å². The fourth-order valence-electron chi connectivity index (χ4n) is 5.18. The van der Waals surface area contributed by atoms with Crippen LogP contribution < -0.4 is 9.47 Å². The molecule has 4 rings (SSSR count). The van der Waals surface area contributed by atoms with E-state index in [9.17, 15) is 22.4 Å². The number of hydrogen-bond acceptors (Lipinski definition) is 3. The van der Waals surface area contributed by atoms with Crippen molar-refractivity contribution in [1.29, 1.82) is 0 Å². The predicted octanol–water partition coefficient (Wildman–Crippen LogP) is 8.97. The molecule has 41 heavy (non-hydrogen) atoms. The van der Waals surface area contributed by atoms with Gasteiger partial charge in [0, 0.05) is 11.1 Å². The Morgan fingerprint density at radius 1 is 0.780 bits per heavy atom. The molecule has 0 bridgehead atoms. The summed E-state index contributed by atoms with van der Waals surface area (Å²) in [7, 11) is 0. The van der Waals surface area contributed by atoms with Gasteiger partial charge in [0.1, 0.15) is 0 Å². The van der Waals surface area contributed by atoms with Crippen LogP contribution in [0.15, 0.2) is 48.6 Å². The minimum atomic E-state index is -1.35. The minimum absolute atomic E-state index is 0.0616. The fraction of sp³-hybridized carbons (Fsp3) is 0.344. The largest absolute Gasteiger partial charge is 0.491 e. The molecule has 0 radical (unpaired) electrons. The second kappa shape index (κ2) is 13.3. The number of hydrogen-bond donors (Lipinski definition) is 0. The van der Waals surface area contributed by atoms with Gasteiger partial charge in [0.15, 0.2) is 34.8 Å². The standard InChI is InChI=1S/C32H30F6O3/c1-3-5-6-7-19-12-16-25(31(38)26(19)33)41-32(39)20-10-8-18(9-11-20)21-13-14-22(28(35)27(21)34)23-15-17-24(40-4-2)30(37)29(23)36/h3,5,12-18,20H,4,6-11H2,1-2H3/b5-3+. The average Bonchev–Trinajstić information content (AvgIpc) is 2.97. The maximum absolute atomic E-state index is 15.1. The second-order valence-corrected chi connectivity index (χ2v) is 9.93. The molecule has 0 atom stereocenters. The van der Waals surface area contributed by atoms with Crippen molar-refractivity contribution in [3.8, 4) is 22.6 Å². The summed E-state index contributed by atoms with van der Waals surface area (Å²) in [5, 5.41) is 0. The summed E-state index contributed by atoms with van der Waals surface area (Å²) in [5.74, 6) is -10.0. The van der Waals surface area contributed by atoms with E-state index in [4.69, 9.17) is 9.47 Å². The third kappa shape index (κ3) is 6.44. The lowest BCUT2D eigenvalue weighted by atomic mass is 9.78. The highest BCUT2D eigenvalue weighted by Crippen LogP contribution is 2.40. The lowest BCUT2D eigenvalue weighted by molar-refractivity contribution is -0.140. The summed E-state index contributed by atoms with van der Waals surface area (Å²) >= 11 is 0. The highest BCUT2D eigenvalue weighted by Gasteiger charge is 2.32. The number of rotatable bonds is 9. The number of ether oxygens (including phenoxy) is 2. The molecule has 3 aromatic rings. The Balaban J connectivity index is 1.42. The Hall–Kier alpha value is -3.75. The Morgan fingerprint density at radius 2 is 1.39 bits per heavy atom. The van der Waals surface area contributed by atoms with Crippen molar-refractivity contribution in [2.45, 2.75) is 58.3 Å². The number of esters is 1. The highest BCUT2D eigenvalue weighted by molar-refractivity contribution is 5.75. The van der Waals surface area contributed by atoms with Crippen LogP contribution in [0.3, 0.4) is 0 Å². The van der Waals surface area contributed by atoms with Crippen molar-refractivity contribution in [2.75, 3.05) is 6.61 Å². The molecule has 3 aromatic carbocycles. The van der Waals surface area contributed by atoms with E-state index >= 15 is 8.78 Å². The van der Waals surface area contributed by atoms with E-state index in [-0.39, 0.29) is 36.3 Å². The summed E-state index contributed by atoms with van der Waals surface area (Å²) in [6.07, 6.45) is 5.62. The summed E-state index contributed by atoms with van der Waals surface area (Å²) in [6.45, 7) is 3.53. The fourth-order valence-corrected chi connectivity index (χ4v) is 5.18. The normalized spacial score (nSPS) is 17.2. The molecule has 0 saturated heterocycles. The van der Waals surface area contributed by atoms with Gasteiger partial charge in [0.05, 0.1) is 12.5 Å². The summed E-state index contributed by atoms with van der Waals surface area (Å²) in [5.41, 5.74) is -0.622. The molecule has 0 aliphatic heterocycles. The zero-order valence-corrected chi connectivity index (χ0v) is 22.7. The van der Waals surface area contributed by atoms with Crippen LogP contribution in [0.25, 0.3) is 11.1 Å². The second-order valence-electron chi connectivity index (χ2n) is 9.93. The van der Waals surface area contributed by atoms with Crippen molar-refractivity contribution in [3.05, 3.63) is 94.6 Å². The molecular weight excluding hydrogens is 546 g/mol. The lowest BCUT2D eigenvalue weighted by Gasteiger charge is -2.28. The van der Waals surface area contributed by atoms with Crippen molar-refractivity contribution in [2.24, 2.45) is 5.92 Å². The van der Waals surface area contributed by atoms with Crippen LogP contribution in [-0.2, 0) is 11.2 Å². The van der Waals surface area contributed by atoms with Crippen LogP contribution in [0.1, 0.15) is 63.0 Å². The third-order valence-electron chi connectivity index (χ3n) is 7.40. The quantitative estimate of drug-likeness (QED) is 0.110. The van der Waals surface area contributed by atoms with Gasteiger partial charge in [-0.25, -0.2) is 17.6 Å². The van der Waals surface area contributed by atoms with E-state index in [1.54, 1.807) is 6.92 Å². The molecular formula is C32H30F6O3. The monoisotopic (exact) mass is 576 g/mol. The summed E-state index contributed by atoms with van der Waals surface area (Å²) < 4.78 is 98.2. The molecule has 0 aromatic heterocycles. The molecule has 1 saturated carbocycles. The van der Waals surface area contributed by atoms with Crippen molar-refractivity contribution >= 4 is 5.97 Å². The Morgan fingerprint density at radius 3 is 2.05 bits per heavy atom.